The lowest BCUT2D eigenvalue weighted by molar-refractivity contribution is 0.102. The summed E-state index contributed by atoms with van der Waals surface area (Å²) >= 11 is 0. The molecule has 0 radical (unpaired) electrons. The Kier molecular flexibility index (Phi) is 5.68. The van der Waals surface area contributed by atoms with Crippen LogP contribution in [0.5, 0.6) is 0 Å². The van der Waals surface area contributed by atoms with Crippen molar-refractivity contribution in [2.75, 3.05) is 5.32 Å². The molecule has 1 aromatic carbocycles. The van der Waals surface area contributed by atoms with Gasteiger partial charge in [-0.3, -0.25) is 14.2 Å². The predicted octanol–water partition coefficient (Wildman–Crippen LogP) is 4.34. The number of anilines is 1. The van der Waals surface area contributed by atoms with E-state index in [1.165, 1.54) is 11.1 Å². The zero-order chi connectivity index (χ0) is 24.7. The highest BCUT2D eigenvalue weighted by atomic mass is 16.1. The van der Waals surface area contributed by atoms with E-state index in [1.807, 2.05) is 61.5 Å². The van der Waals surface area contributed by atoms with Crippen LogP contribution < -0.4 is 5.32 Å². The van der Waals surface area contributed by atoms with Crippen LogP contribution in [0.1, 0.15) is 45.5 Å². The minimum absolute atomic E-state index is 0.271. The van der Waals surface area contributed by atoms with Crippen LogP contribution in [0, 0.1) is 27.7 Å². The minimum Gasteiger partial charge on any atom is -0.319 e. The second kappa shape index (κ2) is 8.83. The van der Waals surface area contributed by atoms with Crippen molar-refractivity contribution < 1.29 is 4.79 Å². The van der Waals surface area contributed by atoms with E-state index in [-0.39, 0.29) is 5.91 Å². The van der Waals surface area contributed by atoms with Crippen LogP contribution in [0.3, 0.4) is 0 Å². The van der Waals surface area contributed by atoms with Crippen LogP contribution in [0.4, 0.5) is 5.69 Å². The summed E-state index contributed by atoms with van der Waals surface area (Å²) in [5, 5.41) is 16.7. The van der Waals surface area contributed by atoms with E-state index in [9.17, 15) is 4.79 Å². The first kappa shape index (κ1) is 22.5. The van der Waals surface area contributed by atoms with Crippen LogP contribution >= 0.6 is 0 Å². The average molecular weight is 469 g/mol. The van der Waals surface area contributed by atoms with Crippen LogP contribution in [0.2, 0.25) is 0 Å². The van der Waals surface area contributed by atoms with E-state index in [0.29, 0.717) is 23.4 Å². The quantitative estimate of drug-likeness (QED) is 0.400. The molecule has 5 rings (SSSR count). The number of hydrogen-bond acceptors (Lipinski definition) is 5. The van der Waals surface area contributed by atoms with Gasteiger partial charge in [-0.25, -0.2) is 9.50 Å². The summed E-state index contributed by atoms with van der Waals surface area (Å²) < 4.78 is 5.50. The van der Waals surface area contributed by atoms with Crippen molar-refractivity contribution in [3.8, 4) is 11.3 Å². The van der Waals surface area contributed by atoms with Gasteiger partial charge in [0.25, 0.3) is 5.91 Å². The zero-order valence-corrected chi connectivity index (χ0v) is 20.6. The van der Waals surface area contributed by atoms with Gasteiger partial charge < -0.3 is 5.32 Å². The topological polar surface area (TPSA) is 94.9 Å². The van der Waals surface area contributed by atoms with Gasteiger partial charge in [-0.1, -0.05) is 24.3 Å². The van der Waals surface area contributed by atoms with Gasteiger partial charge in [0.15, 0.2) is 5.65 Å². The Morgan fingerprint density at radius 3 is 2.57 bits per heavy atom. The molecule has 1 N–H and O–H groups in total. The van der Waals surface area contributed by atoms with Crippen LogP contribution in [0.25, 0.3) is 16.9 Å². The Balaban J connectivity index is 1.45. The molecule has 1 amide bonds. The number of aromatic nitrogens is 7. The monoisotopic (exact) mass is 468 g/mol. The van der Waals surface area contributed by atoms with Crippen molar-refractivity contribution in [1.29, 1.82) is 0 Å². The van der Waals surface area contributed by atoms with Crippen molar-refractivity contribution in [3.63, 3.8) is 0 Å². The largest absolute Gasteiger partial charge is 0.319 e. The SMILES string of the molecule is CCn1cc(-c2ccnc3c(C(=O)Nc4c(C)nn(Cc5ccccc5C)c4C)cnn23)c(C)n1. The van der Waals surface area contributed by atoms with Gasteiger partial charge in [-0.2, -0.15) is 15.3 Å². The number of fused-ring (bicyclic) bond motifs is 1. The number of nitrogens with zero attached hydrogens (tertiary/aromatic N) is 7. The highest BCUT2D eigenvalue weighted by Gasteiger charge is 2.21. The van der Waals surface area contributed by atoms with Crippen molar-refractivity contribution in [1.82, 2.24) is 34.2 Å². The number of hydrogen-bond donors (Lipinski definition) is 1. The Hall–Kier alpha value is -4.27. The summed E-state index contributed by atoms with van der Waals surface area (Å²) in [6.07, 6.45) is 5.24. The molecule has 4 aromatic heterocycles. The fourth-order valence-corrected chi connectivity index (χ4v) is 4.35. The zero-order valence-electron chi connectivity index (χ0n) is 20.6. The van der Waals surface area contributed by atoms with Crippen molar-refractivity contribution in [2.24, 2.45) is 0 Å². The molecule has 9 nitrogen and oxygen atoms in total. The van der Waals surface area contributed by atoms with Gasteiger partial charge >= 0.3 is 0 Å². The number of aryl methyl sites for hydroxylation is 4. The maximum Gasteiger partial charge on any atom is 0.261 e. The van der Waals surface area contributed by atoms with Crippen LogP contribution in [0.15, 0.2) is 48.9 Å². The van der Waals surface area contributed by atoms with Crippen molar-refractivity contribution in [3.05, 3.63) is 82.7 Å². The van der Waals surface area contributed by atoms with E-state index < -0.39 is 0 Å². The summed E-state index contributed by atoms with van der Waals surface area (Å²) in [5.74, 6) is -0.271. The molecule has 0 spiro atoms. The molecule has 0 aliphatic carbocycles. The van der Waals surface area contributed by atoms with Gasteiger partial charge in [-0.05, 0) is 51.8 Å². The molecule has 4 heterocycles. The third-order valence-corrected chi connectivity index (χ3v) is 6.39. The number of amides is 1. The lowest BCUT2D eigenvalue weighted by Crippen LogP contribution is -2.14. The number of carbonyl (C=O) groups excluding carboxylic acids is 1. The maximum absolute atomic E-state index is 13.3. The summed E-state index contributed by atoms with van der Waals surface area (Å²) in [5.41, 5.74) is 8.35. The molecule has 0 aliphatic heterocycles. The fourth-order valence-electron chi connectivity index (χ4n) is 4.35. The van der Waals surface area contributed by atoms with Gasteiger partial charge in [-0.15, -0.1) is 0 Å². The van der Waals surface area contributed by atoms with E-state index >= 15 is 0 Å². The van der Waals surface area contributed by atoms with Gasteiger partial charge in [0.05, 0.1) is 41.2 Å². The molecule has 0 bridgehead atoms. The van der Waals surface area contributed by atoms with Crippen LogP contribution in [-0.4, -0.2) is 40.1 Å². The molecule has 35 heavy (non-hydrogen) atoms. The lowest BCUT2D eigenvalue weighted by atomic mass is 10.1. The second-order valence-electron chi connectivity index (χ2n) is 8.69. The standard InChI is InChI=1S/C26H28N8O/c1-6-32-15-22(17(3)30-32)23-11-12-27-25-21(13-28-34(23)25)26(35)29-24-18(4)31-33(19(24)5)14-20-10-8-7-9-16(20)2/h7-13,15H,6,14H2,1-5H3,(H,29,35). The first-order valence-corrected chi connectivity index (χ1v) is 11.6. The van der Waals surface area contributed by atoms with Gasteiger partial charge in [0, 0.05) is 24.5 Å². The molecule has 0 unspecified atom stereocenters. The van der Waals surface area contributed by atoms with Crippen molar-refractivity contribution >= 4 is 17.2 Å². The summed E-state index contributed by atoms with van der Waals surface area (Å²) in [4.78, 5) is 17.8. The van der Waals surface area contributed by atoms with E-state index in [2.05, 4.69) is 44.7 Å². The predicted molar refractivity (Wildman–Crippen MR) is 135 cm³/mol. The van der Waals surface area contributed by atoms with E-state index in [0.717, 1.165) is 34.9 Å². The molecule has 0 saturated heterocycles. The molecular weight excluding hydrogens is 440 g/mol. The first-order chi connectivity index (χ1) is 16.9. The van der Waals surface area contributed by atoms with Crippen molar-refractivity contribution in [2.45, 2.75) is 47.7 Å². The molecule has 0 fully saturated rings. The number of carbonyl (C=O) groups is 1. The fraction of sp³-hybridized carbons (Fsp3) is 0.269. The molecule has 178 valence electrons. The maximum atomic E-state index is 13.3. The molecule has 9 heteroatoms. The van der Waals surface area contributed by atoms with Crippen LogP contribution in [-0.2, 0) is 13.1 Å². The smallest absolute Gasteiger partial charge is 0.261 e. The second-order valence-corrected chi connectivity index (χ2v) is 8.69. The Bertz CT molecular complexity index is 1560. The highest BCUT2D eigenvalue weighted by Crippen LogP contribution is 2.26. The van der Waals surface area contributed by atoms with E-state index in [4.69, 9.17) is 0 Å². The first-order valence-electron chi connectivity index (χ1n) is 11.6. The number of nitrogens with one attached hydrogen (secondary N) is 1. The molecule has 0 saturated carbocycles. The van der Waals surface area contributed by atoms with E-state index in [1.54, 1.807) is 16.9 Å². The summed E-state index contributed by atoms with van der Waals surface area (Å²) in [6, 6.07) is 10.1. The lowest BCUT2D eigenvalue weighted by Gasteiger charge is -2.09. The Labute approximate surface area is 203 Å². The average Bonchev–Trinajstić information content (AvgIpc) is 3.52. The Morgan fingerprint density at radius 1 is 1.03 bits per heavy atom. The normalized spacial score (nSPS) is 11.3. The highest BCUT2D eigenvalue weighted by molar-refractivity contribution is 6.08. The van der Waals surface area contributed by atoms with Gasteiger partial charge in [0.2, 0.25) is 0 Å². The molecule has 5 aromatic rings. The molecular formula is C26H28N8O. The summed E-state index contributed by atoms with van der Waals surface area (Å²) in [6.45, 7) is 11.4. The number of benzene rings is 1. The minimum atomic E-state index is -0.271. The summed E-state index contributed by atoms with van der Waals surface area (Å²) in [7, 11) is 0. The molecule has 0 aliphatic rings. The molecule has 0 atom stereocenters. The van der Waals surface area contributed by atoms with Gasteiger partial charge in [0.1, 0.15) is 5.56 Å². The third-order valence-electron chi connectivity index (χ3n) is 6.39. The third kappa shape index (κ3) is 3.99. The Morgan fingerprint density at radius 2 is 1.83 bits per heavy atom. The number of rotatable bonds is 6.